The molecule has 51 heavy (non-hydrogen) atoms. The summed E-state index contributed by atoms with van der Waals surface area (Å²) in [7, 11) is 0. The van der Waals surface area contributed by atoms with Crippen molar-refractivity contribution in [1.82, 2.24) is 9.13 Å². The molecular formula is C48H33N3. The summed E-state index contributed by atoms with van der Waals surface area (Å²) in [4.78, 5) is 2.34. The molecule has 8 aromatic carbocycles. The minimum Gasteiger partial charge on any atom is -0.316 e. The van der Waals surface area contributed by atoms with E-state index < -0.39 is 0 Å². The Kier molecular flexibility index (Phi) is 6.81. The van der Waals surface area contributed by atoms with Gasteiger partial charge in [0.2, 0.25) is 0 Å². The second-order valence-corrected chi connectivity index (χ2v) is 13.1. The molecule has 3 nitrogen and oxygen atoms in total. The minimum absolute atomic E-state index is 1.11. The van der Waals surface area contributed by atoms with Gasteiger partial charge in [0, 0.05) is 50.8 Å². The third-order valence-corrected chi connectivity index (χ3v) is 10.1. The Morgan fingerprint density at radius 2 is 0.980 bits per heavy atom. The van der Waals surface area contributed by atoms with Gasteiger partial charge in [-0.1, -0.05) is 115 Å². The van der Waals surface area contributed by atoms with Gasteiger partial charge in [0.1, 0.15) is 0 Å². The number of hydrogen-bond acceptors (Lipinski definition) is 1. The average Bonchev–Trinajstić information content (AvgIpc) is 3.79. The lowest BCUT2D eigenvalue weighted by Crippen LogP contribution is -2.10. The Hall–Kier alpha value is -6.84. The van der Waals surface area contributed by atoms with Crippen molar-refractivity contribution in [3.8, 4) is 22.5 Å². The van der Waals surface area contributed by atoms with Crippen LogP contribution in [0, 0.1) is 0 Å². The van der Waals surface area contributed by atoms with Gasteiger partial charge in [-0.15, -0.1) is 0 Å². The van der Waals surface area contributed by atoms with E-state index in [4.69, 9.17) is 0 Å². The number of hydrogen-bond donors (Lipinski definition) is 0. The van der Waals surface area contributed by atoms with Gasteiger partial charge in [0.15, 0.2) is 0 Å². The highest BCUT2D eigenvalue weighted by molar-refractivity contribution is 6.18. The lowest BCUT2D eigenvalue weighted by atomic mass is 10.1. The fourth-order valence-electron chi connectivity index (χ4n) is 7.71. The number of para-hydroxylation sites is 2. The minimum atomic E-state index is 1.11. The number of benzene rings is 8. The van der Waals surface area contributed by atoms with Crippen LogP contribution in [-0.2, 0) is 0 Å². The number of aromatic nitrogens is 2. The van der Waals surface area contributed by atoms with Gasteiger partial charge in [-0.05, 0) is 101 Å². The fourth-order valence-corrected chi connectivity index (χ4v) is 7.71. The second kappa shape index (κ2) is 11.9. The molecule has 240 valence electrons. The molecule has 0 fully saturated rings. The number of rotatable bonds is 6. The topological polar surface area (TPSA) is 13.1 Å². The van der Waals surface area contributed by atoms with Gasteiger partial charge >= 0.3 is 0 Å². The molecule has 0 aliphatic heterocycles. The quantitative estimate of drug-likeness (QED) is 0.174. The third-order valence-electron chi connectivity index (χ3n) is 10.1. The molecule has 0 bridgehead atoms. The first-order valence-electron chi connectivity index (χ1n) is 17.4. The lowest BCUT2D eigenvalue weighted by molar-refractivity contribution is 1.13. The maximum atomic E-state index is 2.43. The van der Waals surface area contributed by atoms with Crippen molar-refractivity contribution in [2.45, 2.75) is 0 Å². The van der Waals surface area contributed by atoms with E-state index in [0.717, 1.165) is 28.4 Å². The summed E-state index contributed by atoms with van der Waals surface area (Å²) in [6, 6.07) is 69.9. The Balaban J connectivity index is 1.10. The van der Waals surface area contributed by atoms with Crippen molar-refractivity contribution in [3.63, 3.8) is 0 Å². The molecule has 0 saturated carbocycles. The van der Waals surface area contributed by atoms with E-state index in [2.05, 4.69) is 214 Å². The molecule has 0 aliphatic carbocycles. The third kappa shape index (κ3) is 4.90. The lowest BCUT2D eigenvalue weighted by Gasteiger charge is -2.26. The summed E-state index contributed by atoms with van der Waals surface area (Å²) >= 11 is 0. The van der Waals surface area contributed by atoms with Crippen molar-refractivity contribution in [2.24, 2.45) is 0 Å². The maximum absolute atomic E-state index is 2.43. The van der Waals surface area contributed by atoms with Crippen LogP contribution < -0.4 is 4.90 Å². The molecule has 0 N–H and O–H groups in total. The predicted molar refractivity (Wildman–Crippen MR) is 215 cm³/mol. The van der Waals surface area contributed by atoms with Crippen LogP contribution in [0.1, 0.15) is 0 Å². The van der Waals surface area contributed by atoms with Gasteiger partial charge in [-0.3, -0.25) is 0 Å². The van der Waals surface area contributed by atoms with Crippen molar-refractivity contribution in [3.05, 3.63) is 200 Å². The van der Waals surface area contributed by atoms with Crippen LogP contribution in [-0.4, -0.2) is 9.13 Å². The van der Waals surface area contributed by atoms with Gasteiger partial charge in [-0.2, -0.15) is 0 Å². The molecule has 0 amide bonds. The van der Waals surface area contributed by atoms with Crippen LogP contribution in [0.2, 0.25) is 0 Å². The van der Waals surface area contributed by atoms with Crippen molar-refractivity contribution in [2.75, 3.05) is 4.90 Å². The van der Waals surface area contributed by atoms with E-state index >= 15 is 0 Å². The standard InChI is InChI=1S/C48H33N3/c1-3-11-34(12-4-1)36-19-22-38(23-20-36)49-32-31-45-46(49)30-29-44-43-17-9-10-18-47(43)51(48(44)45)41-27-25-40(26-28-41)50(39-15-5-2-6-16-39)42-24-21-35-13-7-8-14-37(35)33-42/h1-33H. The molecule has 2 heterocycles. The molecule has 0 aliphatic rings. The fraction of sp³-hybridized carbons (Fsp3) is 0. The first-order valence-corrected chi connectivity index (χ1v) is 17.4. The van der Waals surface area contributed by atoms with E-state index in [1.54, 1.807) is 0 Å². The Bertz CT molecular complexity index is 2830. The molecule has 10 rings (SSSR count). The van der Waals surface area contributed by atoms with Crippen LogP contribution >= 0.6 is 0 Å². The molecule has 0 radical (unpaired) electrons. The highest BCUT2D eigenvalue weighted by atomic mass is 15.1. The van der Waals surface area contributed by atoms with E-state index in [1.165, 1.54) is 54.6 Å². The van der Waals surface area contributed by atoms with Crippen LogP contribution in [0.3, 0.4) is 0 Å². The molecule has 0 spiro atoms. The summed E-state index contributed by atoms with van der Waals surface area (Å²) in [6.45, 7) is 0. The highest BCUT2D eigenvalue weighted by Gasteiger charge is 2.18. The van der Waals surface area contributed by atoms with Crippen LogP contribution in [0.25, 0.3) is 66.0 Å². The smallest absolute Gasteiger partial charge is 0.0635 e. The van der Waals surface area contributed by atoms with Crippen LogP contribution in [0.4, 0.5) is 17.1 Å². The normalized spacial score (nSPS) is 11.5. The Morgan fingerprint density at radius 1 is 0.353 bits per heavy atom. The summed E-state index contributed by atoms with van der Waals surface area (Å²) in [5.74, 6) is 0. The summed E-state index contributed by atoms with van der Waals surface area (Å²) < 4.78 is 4.73. The highest BCUT2D eigenvalue weighted by Crippen LogP contribution is 2.40. The SMILES string of the molecule is c1ccc(-c2ccc(-n3ccc4c3ccc3c5ccccc5n(-c5ccc(N(c6ccccc6)c6ccc7ccccc7c6)cc5)c34)cc2)cc1. The number of nitrogens with zero attached hydrogens (tertiary/aromatic N) is 3. The van der Waals surface area contributed by atoms with E-state index in [9.17, 15) is 0 Å². The maximum Gasteiger partial charge on any atom is 0.0635 e. The van der Waals surface area contributed by atoms with E-state index in [-0.39, 0.29) is 0 Å². The predicted octanol–water partition coefficient (Wildman–Crippen LogP) is 13.0. The van der Waals surface area contributed by atoms with Crippen molar-refractivity contribution < 1.29 is 0 Å². The summed E-state index contributed by atoms with van der Waals surface area (Å²) in [5.41, 5.74) is 11.7. The first-order chi connectivity index (χ1) is 25.3. The zero-order valence-electron chi connectivity index (χ0n) is 27.9. The Morgan fingerprint density at radius 3 is 1.78 bits per heavy atom. The number of anilines is 3. The largest absolute Gasteiger partial charge is 0.316 e. The molecule has 0 saturated heterocycles. The van der Waals surface area contributed by atoms with Gasteiger partial charge in [0.05, 0.1) is 16.6 Å². The van der Waals surface area contributed by atoms with Gasteiger partial charge in [-0.25, -0.2) is 0 Å². The molecule has 3 heteroatoms. The van der Waals surface area contributed by atoms with Crippen molar-refractivity contribution >= 4 is 60.5 Å². The van der Waals surface area contributed by atoms with E-state index in [1.807, 2.05) is 0 Å². The monoisotopic (exact) mass is 651 g/mol. The summed E-state index contributed by atoms with van der Waals surface area (Å²) in [6.07, 6.45) is 2.20. The molecule has 0 unspecified atom stereocenters. The van der Waals surface area contributed by atoms with Gasteiger partial charge in [0.25, 0.3) is 0 Å². The first kappa shape index (κ1) is 29.1. The van der Waals surface area contributed by atoms with Gasteiger partial charge < -0.3 is 14.0 Å². The molecule has 0 atom stereocenters. The summed E-state index contributed by atoms with van der Waals surface area (Å²) in [5, 5.41) is 6.19. The molecular weight excluding hydrogens is 619 g/mol. The second-order valence-electron chi connectivity index (χ2n) is 13.1. The van der Waals surface area contributed by atoms with Crippen LogP contribution in [0.5, 0.6) is 0 Å². The van der Waals surface area contributed by atoms with Crippen molar-refractivity contribution in [1.29, 1.82) is 0 Å². The van der Waals surface area contributed by atoms with Crippen LogP contribution in [0.15, 0.2) is 200 Å². The molecule has 2 aromatic heterocycles. The zero-order valence-corrected chi connectivity index (χ0v) is 27.9. The average molecular weight is 652 g/mol. The Labute approximate surface area is 296 Å². The zero-order chi connectivity index (χ0) is 33.7. The van der Waals surface area contributed by atoms with E-state index in [0.29, 0.717) is 0 Å². The number of fused-ring (bicyclic) bond motifs is 6. The molecule has 10 aromatic rings.